The number of methoxy groups -OCH3 is 2. The van der Waals surface area contributed by atoms with Crippen molar-refractivity contribution in [2.75, 3.05) is 14.2 Å². The predicted molar refractivity (Wildman–Crippen MR) is 120 cm³/mol. The van der Waals surface area contributed by atoms with Gasteiger partial charge in [0.2, 0.25) is 0 Å². The molecular formula is C24H28N2O6. The molecule has 0 saturated heterocycles. The second-order valence-electron chi connectivity index (χ2n) is 8.01. The lowest BCUT2D eigenvalue weighted by Crippen LogP contribution is -2.55. The number of nitro groups is 1. The van der Waals surface area contributed by atoms with Crippen LogP contribution in [0, 0.1) is 10.1 Å². The first kappa shape index (κ1) is 23.2. The van der Waals surface area contributed by atoms with E-state index in [9.17, 15) is 19.7 Å². The minimum Gasteiger partial charge on any atom is -0.497 e. The number of benzene rings is 2. The maximum atomic E-state index is 13.2. The standard InChI is InChI=1S/C24H28N2O6/c1-31-19-11-8-17(9-12-19)18-10-13-20(21(16-18)26(29)30)22(27)25-24(23(28)32-2)14-6-4-3-5-7-15-24/h8-13,16H,3-7,14-15H2,1-2H3,(H,25,27). The minimum absolute atomic E-state index is 0.0856. The molecule has 0 radical (unpaired) electrons. The van der Waals surface area contributed by atoms with E-state index in [1.807, 2.05) is 0 Å². The van der Waals surface area contributed by atoms with Crippen molar-refractivity contribution in [3.05, 3.63) is 58.1 Å². The summed E-state index contributed by atoms with van der Waals surface area (Å²) in [5, 5.41) is 14.6. The topological polar surface area (TPSA) is 108 Å². The van der Waals surface area contributed by atoms with E-state index in [1.165, 1.54) is 19.2 Å². The van der Waals surface area contributed by atoms with Gasteiger partial charge in [0.1, 0.15) is 16.9 Å². The average molecular weight is 440 g/mol. The summed E-state index contributed by atoms with van der Waals surface area (Å²) in [5.41, 5.74) is -0.217. The van der Waals surface area contributed by atoms with Gasteiger partial charge >= 0.3 is 5.97 Å². The van der Waals surface area contributed by atoms with Gasteiger partial charge in [0, 0.05) is 6.07 Å². The zero-order valence-corrected chi connectivity index (χ0v) is 18.4. The average Bonchev–Trinajstić information content (AvgIpc) is 2.80. The number of carbonyl (C=O) groups excluding carboxylic acids is 2. The van der Waals surface area contributed by atoms with Crippen LogP contribution in [0.15, 0.2) is 42.5 Å². The molecule has 1 amide bonds. The van der Waals surface area contributed by atoms with E-state index in [0.717, 1.165) is 37.7 Å². The van der Waals surface area contributed by atoms with Crippen LogP contribution in [-0.4, -0.2) is 36.6 Å². The summed E-state index contributed by atoms with van der Waals surface area (Å²) in [4.78, 5) is 37.0. The first-order valence-electron chi connectivity index (χ1n) is 10.7. The maximum Gasteiger partial charge on any atom is 0.331 e. The largest absolute Gasteiger partial charge is 0.497 e. The fraction of sp³-hybridized carbons (Fsp3) is 0.417. The van der Waals surface area contributed by atoms with Gasteiger partial charge in [-0.25, -0.2) is 4.79 Å². The van der Waals surface area contributed by atoms with Crippen LogP contribution in [0.25, 0.3) is 11.1 Å². The molecule has 0 bridgehead atoms. The molecule has 8 heteroatoms. The lowest BCUT2D eigenvalue weighted by Gasteiger charge is -2.33. The Morgan fingerprint density at radius 2 is 1.53 bits per heavy atom. The minimum atomic E-state index is -1.17. The number of rotatable bonds is 6. The molecule has 1 fully saturated rings. The van der Waals surface area contributed by atoms with Crippen molar-refractivity contribution >= 4 is 17.6 Å². The Bertz CT molecular complexity index is 978. The molecule has 2 aromatic carbocycles. The number of nitro benzene ring substituents is 1. The molecule has 0 atom stereocenters. The van der Waals surface area contributed by atoms with Crippen molar-refractivity contribution in [3.63, 3.8) is 0 Å². The first-order valence-corrected chi connectivity index (χ1v) is 10.7. The molecule has 8 nitrogen and oxygen atoms in total. The molecule has 0 heterocycles. The quantitative estimate of drug-likeness (QED) is 0.398. The third-order valence-electron chi connectivity index (χ3n) is 6.00. The molecule has 1 aliphatic carbocycles. The van der Waals surface area contributed by atoms with Crippen molar-refractivity contribution in [3.8, 4) is 16.9 Å². The van der Waals surface area contributed by atoms with Gasteiger partial charge in [-0.05, 0) is 42.2 Å². The first-order chi connectivity index (χ1) is 15.4. The Labute approximate surface area is 187 Å². The lowest BCUT2D eigenvalue weighted by atomic mass is 9.83. The number of esters is 1. The molecule has 0 aliphatic heterocycles. The van der Waals surface area contributed by atoms with Crippen LogP contribution in [0.2, 0.25) is 0 Å². The lowest BCUT2D eigenvalue weighted by molar-refractivity contribution is -0.385. The van der Waals surface area contributed by atoms with Crippen molar-refractivity contribution in [2.45, 2.75) is 50.5 Å². The normalized spacial score (nSPS) is 15.7. The zero-order chi connectivity index (χ0) is 23.1. The molecule has 32 heavy (non-hydrogen) atoms. The van der Waals surface area contributed by atoms with Crippen LogP contribution < -0.4 is 10.1 Å². The molecule has 170 valence electrons. The SMILES string of the molecule is COC(=O)C1(NC(=O)c2ccc(-c3ccc(OC)cc3)cc2[N+](=O)[O-])CCCCCCC1. The van der Waals surface area contributed by atoms with Crippen LogP contribution >= 0.6 is 0 Å². The van der Waals surface area contributed by atoms with Crippen molar-refractivity contribution in [1.82, 2.24) is 5.32 Å². The fourth-order valence-electron chi connectivity index (χ4n) is 4.21. The summed E-state index contributed by atoms with van der Waals surface area (Å²) < 4.78 is 10.1. The number of nitrogens with one attached hydrogen (secondary N) is 1. The summed E-state index contributed by atoms with van der Waals surface area (Å²) in [6.45, 7) is 0. The number of ether oxygens (including phenoxy) is 2. The molecule has 3 rings (SSSR count). The van der Waals surface area contributed by atoms with Gasteiger partial charge < -0.3 is 14.8 Å². The van der Waals surface area contributed by atoms with E-state index < -0.39 is 22.3 Å². The van der Waals surface area contributed by atoms with Gasteiger partial charge in [-0.2, -0.15) is 0 Å². The van der Waals surface area contributed by atoms with Gasteiger partial charge in [-0.3, -0.25) is 14.9 Å². The van der Waals surface area contributed by atoms with Crippen LogP contribution in [0.3, 0.4) is 0 Å². The van der Waals surface area contributed by atoms with E-state index in [1.54, 1.807) is 37.4 Å². The third-order valence-corrected chi connectivity index (χ3v) is 6.00. The van der Waals surface area contributed by atoms with E-state index >= 15 is 0 Å². The Balaban J connectivity index is 1.93. The second-order valence-corrected chi connectivity index (χ2v) is 8.01. The molecule has 2 aromatic rings. The molecule has 0 aromatic heterocycles. The number of nitrogens with zero attached hydrogens (tertiary/aromatic N) is 1. The Morgan fingerprint density at radius 3 is 2.09 bits per heavy atom. The van der Waals surface area contributed by atoms with Crippen LogP contribution in [0.5, 0.6) is 5.75 Å². The number of amides is 1. The maximum absolute atomic E-state index is 13.2. The van der Waals surface area contributed by atoms with Crippen molar-refractivity contribution < 1.29 is 24.0 Å². The molecule has 0 spiro atoms. The highest BCUT2D eigenvalue weighted by atomic mass is 16.6. The highest BCUT2D eigenvalue weighted by molar-refractivity contribution is 6.01. The van der Waals surface area contributed by atoms with Crippen LogP contribution in [-0.2, 0) is 9.53 Å². The zero-order valence-electron chi connectivity index (χ0n) is 18.4. The number of hydrogen-bond acceptors (Lipinski definition) is 6. The van der Waals surface area contributed by atoms with Crippen LogP contribution in [0.4, 0.5) is 5.69 Å². The molecule has 1 N–H and O–H groups in total. The summed E-state index contributed by atoms with van der Waals surface area (Å²) in [5.74, 6) is -0.485. The molecule has 1 aliphatic rings. The summed E-state index contributed by atoms with van der Waals surface area (Å²) in [6.07, 6.45) is 5.45. The van der Waals surface area contributed by atoms with Gasteiger partial charge in [0.25, 0.3) is 11.6 Å². The molecule has 0 unspecified atom stereocenters. The summed E-state index contributed by atoms with van der Waals surface area (Å²) in [7, 11) is 2.85. The molecule has 1 saturated carbocycles. The summed E-state index contributed by atoms with van der Waals surface area (Å²) in [6, 6.07) is 11.6. The van der Waals surface area contributed by atoms with E-state index in [4.69, 9.17) is 9.47 Å². The Kier molecular flexibility index (Phi) is 7.45. The van der Waals surface area contributed by atoms with Gasteiger partial charge in [0.05, 0.1) is 19.1 Å². The fourth-order valence-corrected chi connectivity index (χ4v) is 4.21. The van der Waals surface area contributed by atoms with Crippen LogP contribution in [0.1, 0.15) is 55.3 Å². The highest BCUT2D eigenvalue weighted by Gasteiger charge is 2.41. The van der Waals surface area contributed by atoms with Gasteiger partial charge in [-0.15, -0.1) is 0 Å². The van der Waals surface area contributed by atoms with Crippen molar-refractivity contribution in [2.24, 2.45) is 0 Å². The summed E-state index contributed by atoms with van der Waals surface area (Å²) >= 11 is 0. The number of carbonyl (C=O) groups is 2. The van der Waals surface area contributed by atoms with Gasteiger partial charge in [-0.1, -0.05) is 50.3 Å². The highest BCUT2D eigenvalue weighted by Crippen LogP contribution is 2.31. The van der Waals surface area contributed by atoms with E-state index in [0.29, 0.717) is 24.2 Å². The third kappa shape index (κ3) is 5.07. The van der Waals surface area contributed by atoms with E-state index in [-0.39, 0.29) is 11.3 Å². The number of hydrogen-bond donors (Lipinski definition) is 1. The Hall–Kier alpha value is -3.42. The monoisotopic (exact) mass is 440 g/mol. The Morgan fingerprint density at radius 1 is 0.938 bits per heavy atom. The second kappa shape index (κ2) is 10.3. The smallest absolute Gasteiger partial charge is 0.331 e. The molecular weight excluding hydrogens is 412 g/mol. The van der Waals surface area contributed by atoms with Crippen molar-refractivity contribution in [1.29, 1.82) is 0 Å². The van der Waals surface area contributed by atoms with E-state index in [2.05, 4.69) is 5.32 Å². The van der Waals surface area contributed by atoms with Gasteiger partial charge in [0.15, 0.2) is 0 Å². The predicted octanol–water partition coefficient (Wildman–Crippen LogP) is 4.66.